The van der Waals surface area contributed by atoms with Crippen LogP contribution in [0.3, 0.4) is 0 Å². The summed E-state index contributed by atoms with van der Waals surface area (Å²) in [7, 11) is -3.56. The molecule has 7 heteroatoms. The van der Waals surface area contributed by atoms with Gasteiger partial charge in [0.2, 0.25) is 10.0 Å². The van der Waals surface area contributed by atoms with Crippen molar-refractivity contribution in [3.63, 3.8) is 0 Å². The standard InChI is InChI=1S/C14H21ClN2O3S/c1-3-16-9-11-8-12(4-5-13(11)15)21(18,19)17-14-6-7-20-10(14)2/h4-5,8,10,14,16-17H,3,6-7,9H2,1-2H3. The van der Waals surface area contributed by atoms with E-state index in [2.05, 4.69) is 10.0 Å². The van der Waals surface area contributed by atoms with Crippen LogP contribution in [0.25, 0.3) is 0 Å². The van der Waals surface area contributed by atoms with E-state index in [9.17, 15) is 8.42 Å². The highest BCUT2D eigenvalue weighted by Gasteiger charge is 2.29. The van der Waals surface area contributed by atoms with Gasteiger partial charge in [-0.05, 0) is 43.7 Å². The lowest BCUT2D eigenvalue weighted by molar-refractivity contribution is 0.117. The van der Waals surface area contributed by atoms with Crippen molar-refractivity contribution in [1.82, 2.24) is 10.0 Å². The van der Waals surface area contributed by atoms with Crippen molar-refractivity contribution in [2.45, 2.75) is 43.9 Å². The lowest BCUT2D eigenvalue weighted by Crippen LogP contribution is -2.39. The second-order valence-electron chi connectivity index (χ2n) is 5.13. The molecule has 0 aromatic heterocycles. The van der Waals surface area contributed by atoms with Crippen LogP contribution in [-0.2, 0) is 21.3 Å². The summed E-state index contributed by atoms with van der Waals surface area (Å²) in [6.45, 7) is 5.78. The van der Waals surface area contributed by atoms with Crippen molar-refractivity contribution in [2.24, 2.45) is 0 Å². The highest BCUT2D eigenvalue weighted by Crippen LogP contribution is 2.22. The average molecular weight is 333 g/mol. The van der Waals surface area contributed by atoms with Crippen LogP contribution in [0.1, 0.15) is 25.8 Å². The molecule has 0 aliphatic carbocycles. The zero-order valence-corrected chi connectivity index (χ0v) is 13.8. The van der Waals surface area contributed by atoms with Gasteiger partial charge in [-0.3, -0.25) is 0 Å². The average Bonchev–Trinajstić information content (AvgIpc) is 2.82. The molecule has 0 bridgehead atoms. The number of halogens is 1. The molecule has 2 rings (SSSR count). The Morgan fingerprint density at radius 1 is 1.43 bits per heavy atom. The fourth-order valence-electron chi connectivity index (χ4n) is 2.27. The van der Waals surface area contributed by atoms with Gasteiger partial charge in [0, 0.05) is 18.2 Å². The Balaban J connectivity index is 2.19. The van der Waals surface area contributed by atoms with Crippen LogP contribution in [0.5, 0.6) is 0 Å². The van der Waals surface area contributed by atoms with E-state index in [4.69, 9.17) is 16.3 Å². The number of nitrogens with one attached hydrogen (secondary N) is 2. The van der Waals surface area contributed by atoms with E-state index in [1.165, 1.54) is 6.07 Å². The van der Waals surface area contributed by atoms with Crippen molar-refractivity contribution < 1.29 is 13.2 Å². The summed E-state index contributed by atoms with van der Waals surface area (Å²) in [5.74, 6) is 0. The topological polar surface area (TPSA) is 67.4 Å². The Morgan fingerprint density at radius 2 is 2.19 bits per heavy atom. The summed E-state index contributed by atoms with van der Waals surface area (Å²) in [6, 6.07) is 4.59. The van der Waals surface area contributed by atoms with Gasteiger partial charge in [-0.2, -0.15) is 0 Å². The minimum Gasteiger partial charge on any atom is -0.377 e. The van der Waals surface area contributed by atoms with Crippen LogP contribution in [-0.4, -0.2) is 33.7 Å². The molecule has 0 spiro atoms. The van der Waals surface area contributed by atoms with Gasteiger partial charge in [0.05, 0.1) is 17.0 Å². The molecule has 1 aliphatic heterocycles. The predicted molar refractivity (Wildman–Crippen MR) is 83.0 cm³/mol. The maximum absolute atomic E-state index is 12.4. The molecule has 118 valence electrons. The maximum atomic E-state index is 12.4. The number of ether oxygens (including phenoxy) is 1. The third-order valence-electron chi connectivity index (χ3n) is 3.58. The summed E-state index contributed by atoms with van der Waals surface area (Å²) >= 11 is 6.10. The fraction of sp³-hybridized carbons (Fsp3) is 0.571. The molecule has 2 N–H and O–H groups in total. The van der Waals surface area contributed by atoms with Crippen LogP contribution in [0.2, 0.25) is 5.02 Å². The summed E-state index contributed by atoms with van der Waals surface area (Å²) < 4.78 is 33.0. The first kappa shape index (κ1) is 16.7. The number of rotatable bonds is 6. The van der Waals surface area contributed by atoms with Gasteiger partial charge in [0.25, 0.3) is 0 Å². The molecule has 0 radical (unpaired) electrons. The van der Waals surface area contributed by atoms with Crippen molar-refractivity contribution in [3.8, 4) is 0 Å². The van der Waals surface area contributed by atoms with E-state index in [0.29, 0.717) is 24.6 Å². The quantitative estimate of drug-likeness (QED) is 0.835. The molecule has 5 nitrogen and oxygen atoms in total. The van der Waals surface area contributed by atoms with E-state index in [1.807, 2.05) is 13.8 Å². The lowest BCUT2D eigenvalue weighted by atomic mass is 10.2. The Bertz CT molecular complexity index is 592. The fourth-order valence-corrected chi connectivity index (χ4v) is 3.84. The normalized spacial score (nSPS) is 22.6. The minimum absolute atomic E-state index is 0.103. The lowest BCUT2D eigenvalue weighted by Gasteiger charge is -2.17. The molecule has 0 amide bonds. The summed E-state index contributed by atoms with van der Waals surface area (Å²) in [4.78, 5) is 0.235. The number of hydrogen-bond acceptors (Lipinski definition) is 4. The second kappa shape index (κ2) is 7.07. The van der Waals surface area contributed by atoms with Gasteiger partial charge < -0.3 is 10.1 Å². The third-order valence-corrected chi connectivity index (χ3v) is 5.43. The highest BCUT2D eigenvalue weighted by molar-refractivity contribution is 7.89. The molecule has 1 aromatic rings. The van der Waals surface area contributed by atoms with Crippen LogP contribution in [0, 0.1) is 0 Å². The van der Waals surface area contributed by atoms with Gasteiger partial charge in [-0.15, -0.1) is 0 Å². The van der Waals surface area contributed by atoms with Crippen molar-refractivity contribution in [1.29, 1.82) is 0 Å². The predicted octanol–water partition coefficient (Wildman–Crippen LogP) is 1.91. The van der Waals surface area contributed by atoms with Gasteiger partial charge in [-0.1, -0.05) is 18.5 Å². The number of benzene rings is 1. The zero-order valence-electron chi connectivity index (χ0n) is 12.2. The van der Waals surface area contributed by atoms with Crippen LogP contribution in [0.4, 0.5) is 0 Å². The van der Waals surface area contributed by atoms with Gasteiger partial charge in [0.1, 0.15) is 0 Å². The van der Waals surface area contributed by atoms with Crippen LogP contribution in [0.15, 0.2) is 23.1 Å². The van der Waals surface area contributed by atoms with Gasteiger partial charge in [-0.25, -0.2) is 13.1 Å². The smallest absolute Gasteiger partial charge is 0.240 e. The molecular formula is C14H21ClN2O3S. The van der Waals surface area contributed by atoms with Crippen molar-refractivity contribution >= 4 is 21.6 Å². The Hall–Kier alpha value is -0.660. The van der Waals surface area contributed by atoms with E-state index in [1.54, 1.807) is 12.1 Å². The van der Waals surface area contributed by atoms with Crippen LogP contribution >= 0.6 is 11.6 Å². The molecule has 1 saturated heterocycles. The molecule has 2 atom stereocenters. The summed E-state index contributed by atoms with van der Waals surface area (Å²) in [6.07, 6.45) is 0.589. The third kappa shape index (κ3) is 4.17. The molecule has 21 heavy (non-hydrogen) atoms. The van der Waals surface area contributed by atoms with E-state index < -0.39 is 10.0 Å². The Labute approximate surface area is 131 Å². The molecule has 0 saturated carbocycles. The minimum atomic E-state index is -3.56. The molecule has 1 heterocycles. The first-order valence-electron chi connectivity index (χ1n) is 7.07. The first-order valence-corrected chi connectivity index (χ1v) is 8.93. The first-order chi connectivity index (χ1) is 9.94. The Kier molecular flexibility index (Phi) is 5.62. The van der Waals surface area contributed by atoms with E-state index >= 15 is 0 Å². The van der Waals surface area contributed by atoms with Crippen LogP contribution < -0.4 is 10.0 Å². The molecular weight excluding hydrogens is 312 g/mol. The zero-order chi connectivity index (χ0) is 15.5. The Morgan fingerprint density at radius 3 is 2.81 bits per heavy atom. The summed E-state index contributed by atoms with van der Waals surface area (Å²) in [5.41, 5.74) is 0.775. The van der Waals surface area contributed by atoms with E-state index in [0.717, 1.165) is 12.1 Å². The maximum Gasteiger partial charge on any atom is 0.240 e. The van der Waals surface area contributed by atoms with E-state index in [-0.39, 0.29) is 17.0 Å². The molecule has 1 fully saturated rings. The number of sulfonamides is 1. The molecule has 1 aliphatic rings. The van der Waals surface area contributed by atoms with Gasteiger partial charge in [0.15, 0.2) is 0 Å². The monoisotopic (exact) mass is 332 g/mol. The largest absolute Gasteiger partial charge is 0.377 e. The number of hydrogen-bond donors (Lipinski definition) is 2. The van der Waals surface area contributed by atoms with Crippen molar-refractivity contribution in [2.75, 3.05) is 13.2 Å². The molecule has 2 unspecified atom stereocenters. The van der Waals surface area contributed by atoms with Gasteiger partial charge >= 0.3 is 0 Å². The second-order valence-corrected chi connectivity index (χ2v) is 7.25. The van der Waals surface area contributed by atoms with Crippen molar-refractivity contribution in [3.05, 3.63) is 28.8 Å². The highest BCUT2D eigenvalue weighted by atomic mass is 35.5. The SMILES string of the molecule is CCNCc1cc(S(=O)(=O)NC2CCOC2C)ccc1Cl. The molecule has 1 aromatic carbocycles. The summed E-state index contributed by atoms with van der Waals surface area (Å²) in [5, 5.41) is 3.71.